The molecule has 1 aromatic heterocycles. The second kappa shape index (κ2) is 5.00. The minimum Gasteiger partial charge on any atom is -0.429 e. The van der Waals surface area contributed by atoms with Crippen LogP contribution >= 0.6 is 35.4 Å². The number of para-hydroxylation sites is 2. The smallest absolute Gasteiger partial charge is 0.269 e. The van der Waals surface area contributed by atoms with E-state index in [9.17, 15) is 0 Å². The van der Waals surface area contributed by atoms with Crippen LogP contribution in [0.3, 0.4) is 0 Å². The van der Waals surface area contributed by atoms with Crippen molar-refractivity contribution < 1.29 is 4.42 Å². The zero-order chi connectivity index (χ0) is 13.4. The molecule has 0 atom stereocenters. The highest BCUT2D eigenvalue weighted by Crippen LogP contribution is 2.27. The van der Waals surface area contributed by atoms with E-state index >= 15 is 0 Å². The van der Waals surface area contributed by atoms with Crippen LogP contribution in [-0.2, 0) is 6.54 Å². The Morgan fingerprint density at radius 3 is 2.42 bits per heavy atom. The van der Waals surface area contributed by atoms with Crippen LogP contribution in [0.1, 0.15) is 5.56 Å². The number of rotatable bonds is 2. The Labute approximate surface area is 125 Å². The first-order valence-electron chi connectivity index (χ1n) is 5.68. The van der Waals surface area contributed by atoms with Crippen molar-refractivity contribution in [1.29, 1.82) is 0 Å². The average Bonchev–Trinajstić information content (AvgIpc) is 2.70. The fourth-order valence-electron chi connectivity index (χ4n) is 2.01. The lowest BCUT2D eigenvalue weighted by atomic mass is 10.2. The van der Waals surface area contributed by atoms with Crippen LogP contribution in [0.4, 0.5) is 0 Å². The van der Waals surface area contributed by atoms with Crippen LogP contribution in [0, 0.1) is 4.84 Å². The SMILES string of the molecule is S=c1oc2ccccc2n1Cc1c(Cl)cccc1Cl. The summed E-state index contributed by atoms with van der Waals surface area (Å²) in [7, 11) is 0. The van der Waals surface area contributed by atoms with Gasteiger partial charge in [-0.3, -0.25) is 4.57 Å². The summed E-state index contributed by atoms with van der Waals surface area (Å²) in [6.45, 7) is 0.494. The van der Waals surface area contributed by atoms with Gasteiger partial charge in [0.05, 0.1) is 12.1 Å². The van der Waals surface area contributed by atoms with E-state index in [2.05, 4.69) is 0 Å². The Morgan fingerprint density at radius 1 is 1.00 bits per heavy atom. The first kappa shape index (κ1) is 12.7. The van der Waals surface area contributed by atoms with Crippen molar-refractivity contribution >= 4 is 46.5 Å². The summed E-state index contributed by atoms with van der Waals surface area (Å²) in [5, 5.41) is 1.25. The molecule has 0 spiro atoms. The molecule has 5 heteroatoms. The standard InChI is InChI=1S/C14H9Cl2NOS/c15-10-4-3-5-11(16)9(10)8-17-12-6-1-2-7-13(12)18-14(17)19/h1-7H,8H2. The Kier molecular flexibility index (Phi) is 3.35. The van der Waals surface area contributed by atoms with E-state index in [1.807, 2.05) is 47.0 Å². The maximum absolute atomic E-state index is 6.19. The second-order valence-corrected chi connectivity index (χ2v) is 5.29. The monoisotopic (exact) mass is 309 g/mol. The van der Waals surface area contributed by atoms with Gasteiger partial charge in [-0.2, -0.15) is 0 Å². The first-order valence-corrected chi connectivity index (χ1v) is 6.84. The third kappa shape index (κ3) is 2.29. The molecule has 0 aliphatic carbocycles. The Balaban J connectivity index is 2.16. The number of oxazole rings is 1. The van der Waals surface area contributed by atoms with Crippen LogP contribution in [-0.4, -0.2) is 4.57 Å². The lowest BCUT2D eigenvalue weighted by molar-refractivity contribution is 0.548. The zero-order valence-corrected chi connectivity index (χ0v) is 12.1. The molecule has 0 aliphatic heterocycles. The number of hydrogen-bond donors (Lipinski definition) is 0. The van der Waals surface area contributed by atoms with Crippen molar-refractivity contribution in [3.8, 4) is 0 Å². The molecule has 2 aromatic carbocycles. The minimum absolute atomic E-state index is 0.414. The van der Waals surface area contributed by atoms with Gasteiger partial charge in [-0.15, -0.1) is 0 Å². The summed E-state index contributed by atoms with van der Waals surface area (Å²) in [6, 6.07) is 13.1. The van der Waals surface area contributed by atoms with Gasteiger partial charge in [-0.05, 0) is 36.5 Å². The highest BCUT2D eigenvalue weighted by Gasteiger charge is 2.11. The first-order chi connectivity index (χ1) is 9.16. The van der Waals surface area contributed by atoms with E-state index in [0.717, 1.165) is 16.7 Å². The topological polar surface area (TPSA) is 18.1 Å². The molecule has 0 saturated heterocycles. The Bertz CT molecular complexity index is 786. The predicted molar refractivity (Wildman–Crippen MR) is 80.6 cm³/mol. The lowest BCUT2D eigenvalue weighted by Gasteiger charge is -2.08. The lowest BCUT2D eigenvalue weighted by Crippen LogP contribution is -2.00. The van der Waals surface area contributed by atoms with Crippen molar-refractivity contribution in [2.75, 3.05) is 0 Å². The molecule has 2 nitrogen and oxygen atoms in total. The molecule has 0 bridgehead atoms. The Morgan fingerprint density at radius 2 is 1.68 bits per heavy atom. The maximum Gasteiger partial charge on any atom is 0.269 e. The van der Waals surface area contributed by atoms with Gasteiger partial charge in [0.2, 0.25) is 0 Å². The number of fused-ring (bicyclic) bond motifs is 1. The fourth-order valence-corrected chi connectivity index (χ4v) is 2.77. The van der Waals surface area contributed by atoms with Gasteiger partial charge in [0.1, 0.15) is 0 Å². The summed E-state index contributed by atoms with van der Waals surface area (Å²) < 4.78 is 7.43. The molecule has 0 amide bonds. The molecule has 96 valence electrons. The van der Waals surface area contributed by atoms with Gasteiger partial charge >= 0.3 is 0 Å². The van der Waals surface area contributed by atoms with Gasteiger partial charge < -0.3 is 4.42 Å². The van der Waals surface area contributed by atoms with Crippen molar-refractivity contribution in [2.45, 2.75) is 6.54 Å². The molecule has 3 aromatic rings. The van der Waals surface area contributed by atoms with Gasteiger partial charge in [-0.25, -0.2) is 0 Å². The van der Waals surface area contributed by atoms with Crippen molar-refractivity contribution in [1.82, 2.24) is 4.57 Å². The molecule has 0 aliphatic rings. The summed E-state index contributed by atoms with van der Waals surface area (Å²) in [5.41, 5.74) is 2.53. The third-order valence-electron chi connectivity index (χ3n) is 2.95. The van der Waals surface area contributed by atoms with E-state index in [1.165, 1.54) is 0 Å². The van der Waals surface area contributed by atoms with Crippen LogP contribution in [0.15, 0.2) is 46.9 Å². The molecule has 19 heavy (non-hydrogen) atoms. The average molecular weight is 310 g/mol. The van der Waals surface area contributed by atoms with Gasteiger partial charge in [-0.1, -0.05) is 41.4 Å². The number of hydrogen-bond acceptors (Lipinski definition) is 2. The molecule has 0 radical (unpaired) electrons. The number of halogens is 2. The van der Waals surface area contributed by atoms with E-state index in [1.54, 1.807) is 0 Å². The molecular formula is C14H9Cl2NOS. The molecule has 1 heterocycles. The maximum atomic E-state index is 6.19. The van der Waals surface area contributed by atoms with Gasteiger partial charge in [0, 0.05) is 15.6 Å². The molecular weight excluding hydrogens is 301 g/mol. The Hall–Kier alpha value is -1.29. The summed E-state index contributed by atoms with van der Waals surface area (Å²) in [5.74, 6) is 0. The number of nitrogens with zero attached hydrogens (tertiary/aromatic N) is 1. The normalized spacial score (nSPS) is 11.1. The van der Waals surface area contributed by atoms with Gasteiger partial charge in [0.25, 0.3) is 4.84 Å². The van der Waals surface area contributed by atoms with E-state index in [4.69, 9.17) is 39.8 Å². The zero-order valence-electron chi connectivity index (χ0n) is 9.77. The molecule has 0 N–H and O–H groups in total. The van der Waals surface area contributed by atoms with Crippen LogP contribution in [0.2, 0.25) is 10.0 Å². The van der Waals surface area contributed by atoms with Gasteiger partial charge in [0.15, 0.2) is 5.58 Å². The van der Waals surface area contributed by atoms with E-state index in [-0.39, 0.29) is 0 Å². The van der Waals surface area contributed by atoms with Crippen molar-refractivity contribution in [3.05, 3.63) is 62.9 Å². The molecule has 0 fully saturated rings. The second-order valence-electron chi connectivity index (χ2n) is 4.12. The quantitative estimate of drug-likeness (QED) is 0.596. The molecule has 3 rings (SSSR count). The molecule has 0 saturated carbocycles. The molecule has 0 unspecified atom stereocenters. The van der Waals surface area contributed by atoms with E-state index < -0.39 is 0 Å². The van der Waals surface area contributed by atoms with Crippen LogP contribution < -0.4 is 0 Å². The van der Waals surface area contributed by atoms with Crippen molar-refractivity contribution in [2.24, 2.45) is 0 Å². The summed E-state index contributed by atoms with van der Waals surface area (Å²) >= 11 is 17.6. The van der Waals surface area contributed by atoms with Crippen molar-refractivity contribution in [3.63, 3.8) is 0 Å². The number of aromatic nitrogens is 1. The highest BCUT2D eigenvalue weighted by atomic mass is 35.5. The summed E-state index contributed by atoms with van der Waals surface area (Å²) in [6.07, 6.45) is 0. The minimum atomic E-state index is 0.414. The van der Waals surface area contributed by atoms with Crippen LogP contribution in [0.25, 0.3) is 11.1 Å². The third-order valence-corrected chi connectivity index (χ3v) is 3.96. The largest absolute Gasteiger partial charge is 0.429 e. The van der Waals surface area contributed by atoms with Crippen LogP contribution in [0.5, 0.6) is 0 Å². The highest BCUT2D eigenvalue weighted by molar-refractivity contribution is 7.71. The number of benzene rings is 2. The van der Waals surface area contributed by atoms with E-state index in [0.29, 0.717) is 21.4 Å². The predicted octanol–water partition coefficient (Wildman–Crippen LogP) is 5.32. The fraction of sp³-hybridized carbons (Fsp3) is 0.0714. The summed E-state index contributed by atoms with van der Waals surface area (Å²) in [4.78, 5) is 0.414.